The molecule has 10 heteroatoms. The first-order valence-corrected chi connectivity index (χ1v) is 8.96. The minimum Gasteiger partial charge on any atom is -0.394 e. The minimum atomic E-state index is -3.79. The molecule has 0 aromatic heterocycles. The zero-order valence-electron chi connectivity index (χ0n) is 13.7. The van der Waals surface area contributed by atoms with Crippen molar-refractivity contribution in [2.45, 2.75) is 43.2 Å². The lowest BCUT2D eigenvalue weighted by Crippen LogP contribution is -2.38. The average Bonchev–Trinajstić information content (AvgIpc) is 3.04. The van der Waals surface area contributed by atoms with E-state index in [0.717, 1.165) is 0 Å². The third kappa shape index (κ3) is 5.37. The van der Waals surface area contributed by atoms with Crippen LogP contribution in [0.25, 0.3) is 0 Å². The largest absolute Gasteiger partial charge is 0.406 e. The third-order valence-corrected chi connectivity index (χ3v) is 5.22. The van der Waals surface area contributed by atoms with Crippen LogP contribution in [0.1, 0.15) is 14.2 Å². The molecule has 0 bridgehead atoms. The molecule has 0 aromatic carbocycles. The van der Waals surface area contributed by atoms with Crippen molar-refractivity contribution in [3.05, 3.63) is 12.7 Å². The summed E-state index contributed by atoms with van der Waals surface area (Å²) < 4.78 is 41.5. The van der Waals surface area contributed by atoms with Crippen molar-refractivity contribution < 1.29 is 34.7 Å². The Bertz CT molecular complexity index is 474. The van der Waals surface area contributed by atoms with E-state index in [1.54, 1.807) is 0 Å². The Morgan fingerprint density at radius 3 is 2.91 bits per heavy atom. The summed E-state index contributed by atoms with van der Waals surface area (Å²) in [5, 5.41) is 21.8. The van der Waals surface area contributed by atoms with Crippen LogP contribution in [0.4, 0.5) is 0 Å². The Morgan fingerprint density at radius 1 is 1.52 bits per heavy atom. The normalized spacial score (nSPS) is 40.7. The van der Waals surface area contributed by atoms with Crippen molar-refractivity contribution in [1.82, 2.24) is 5.09 Å². The van der Waals surface area contributed by atoms with Gasteiger partial charge in [-0.25, -0.2) is 9.65 Å². The molecule has 8 nitrogen and oxygen atoms in total. The van der Waals surface area contributed by atoms with Crippen molar-refractivity contribution >= 4 is 15.6 Å². The van der Waals surface area contributed by atoms with Crippen molar-refractivity contribution in [1.29, 1.82) is 0 Å². The van der Waals surface area contributed by atoms with E-state index >= 15 is 0 Å². The molecule has 2 rings (SSSR count). The molecule has 2 aliphatic rings. The van der Waals surface area contributed by atoms with Gasteiger partial charge in [0.2, 0.25) is 0 Å². The third-order valence-electron chi connectivity index (χ3n) is 3.60. The molecular weight excluding hydrogens is 324 g/mol. The number of hydrogen-bond donors (Lipinski definition) is 3. The van der Waals surface area contributed by atoms with Gasteiger partial charge in [-0.2, -0.15) is 0 Å². The number of rotatable bonds is 9. The van der Waals surface area contributed by atoms with Crippen LogP contribution in [0.3, 0.4) is 0 Å². The molecule has 2 saturated heterocycles. The summed E-state index contributed by atoms with van der Waals surface area (Å²) >= 11 is 0. The molecule has 2 aliphatic heterocycles. The Labute approximate surface area is 138 Å². The maximum absolute atomic E-state index is 12.9. The van der Waals surface area contributed by atoms with Gasteiger partial charge in [0.25, 0.3) is 0 Å². The first-order valence-electron chi connectivity index (χ1n) is 8.00. The fourth-order valence-electron chi connectivity index (χ4n) is 2.38. The van der Waals surface area contributed by atoms with E-state index in [1.807, 2.05) is 0 Å². The smallest absolute Gasteiger partial charge is 0.394 e. The Hall–Kier alpha value is -0.245. The van der Waals surface area contributed by atoms with Crippen molar-refractivity contribution in [3.63, 3.8) is 0 Å². The zero-order chi connectivity index (χ0) is 17.7. The van der Waals surface area contributed by atoms with Gasteiger partial charge in [0.1, 0.15) is 14.0 Å². The van der Waals surface area contributed by atoms with Crippen LogP contribution < -0.4 is 5.09 Å². The topological polar surface area (TPSA) is 106 Å². The number of ether oxygens (including phenoxy) is 2. The summed E-state index contributed by atoms with van der Waals surface area (Å²) in [6, 6.07) is -1.16. The Morgan fingerprint density at radius 2 is 2.30 bits per heavy atom. The number of nitrogens with one attached hydrogen (secondary N) is 1. The zero-order valence-corrected chi connectivity index (χ0v) is 13.6. The van der Waals surface area contributed by atoms with Crippen LogP contribution in [-0.2, 0) is 23.1 Å². The van der Waals surface area contributed by atoms with Gasteiger partial charge < -0.3 is 19.7 Å². The fraction of sp³-hybridized carbons (Fsp3) is 0.846. The van der Waals surface area contributed by atoms with Crippen LogP contribution in [0.2, 0.25) is 0 Å². The number of aliphatic hydroxyl groups excluding tert-OH is 2. The van der Waals surface area contributed by atoms with E-state index < -0.39 is 44.7 Å². The van der Waals surface area contributed by atoms with Gasteiger partial charge in [0.05, 0.1) is 33.4 Å². The van der Waals surface area contributed by atoms with Crippen molar-refractivity contribution in [2.24, 2.45) is 0 Å². The highest BCUT2D eigenvalue weighted by atomic mass is 31.2. The summed E-state index contributed by atoms with van der Waals surface area (Å²) in [5.41, 5.74) is 0. The Kier molecular flexibility index (Phi) is 6.67. The van der Waals surface area contributed by atoms with Crippen molar-refractivity contribution in [2.75, 3.05) is 26.4 Å². The second-order valence-corrected chi connectivity index (χ2v) is 7.16. The average molecular weight is 349 g/mol. The maximum Gasteiger partial charge on any atom is 0.406 e. The molecule has 0 aliphatic carbocycles. The lowest BCUT2D eigenvalue weighted by molar-refractivity contribution is -0.00266. The summed E-state index contributed by atoms with van der Waals surface area (Å²) in [5.74, 6) is 0. The van der Waals surface area contributed by atoms with E-state index in [0.29, 0.717) is 0 Å². The molecule has 0 saturated carbocycles. The van der Waals surface area contributed by atoms with E-state index in [4.69, 9.17) is 27.7 Å². The first kappa shape index (κ1) is 17.6. The molecule has 0 amide bonds. The second kappa shape index (κ2) is 8.73. The number of hydrogen-bond acceptors (Lipinski definition) is 7. The molecule has 2 heterocycles. The second-order valence-electron chi connectivity index (χ2n) is 5.39. The van der Waals surface area contributed by atoms with E-state index in [1.165, 1.54) is 6.08 Å². The fourth-order valence-corrected chi connectivity index (χ4v) is 3.93. The van der Waals surface area contributed by atoms with Gasteiger partial charge in [-0.05, 0) is 12.8 Å². The highest BCUT2D eigenvalue weighted by Gasteiger charge is 2.38. The molecule has 0 aromatic rings. The highest BCUT2D eigenvalue weighted by molar-refractivity contribution is 7.51. The minimum absolute atomic E-state index is 0.0282. The molecule has 23 heavy (non-hydrogen) atoms. The summed E-state index contributed by atoms with van der Waals surface area (Å²) in [4.78, 5) is 0. The molecule has 130 valence electrons. The van der Waals surface area contributed by atoms with Gasteiger partial charge in [-0.3, -0.25) is 9.05 Å². The van der Waals surface area contributed by atoms with Crippen LogP contribution in [-0.4, -0.2) is 74.8 Å². The molecular formula is C13H23BNO7P. The number of aliphatic hydroxyl groups is 2. The first-order chi connectivity index (χ1) is 11.4. The van der Waals surface area contributed by atoms with E-state index in [-0.39, 0.29) is 32.7 Å². The SMILES string of the molecule is [3H][C@H]1C[C@@H](NP(=O)(OCC=C)OC[C@H]2O[C@@H]([B])C[C@H]2O)[C@@H](CO)O1. The lowest BCUT2D eigenvalue weighted by atomic mass is 9.96. The van der Waals surface area contributed by atoms with Crippen LogP contribution >= 0.6 is 7.75 Å². The molecule has 2 radical (unpaired) electrons. The predicted octanol–water partition coefficient (Wildman–Crippen LogP) is -0.303. The molecule has 7 atom stereocenters. The van der Waals surface area contributed by atoms with Crippen LogP contribution in [0.15, 0.2) is 12.7 Å². The standard InChI is InChI=1S/C13H23BNO7P/c1-2-4-20-23(18,15-9-3-5-19-11(9)7-16)21-8-12-10(17)6-13(14)22-12/h2,9-13,16-17H,1,3-8H2,(H,15,18)/t9-,10-,11-,12-,13-,23?/m1/s1/i5T/t5-,9+,10+,11+,12+,13+,23?/m0. The van der Waals surface area contributed by atoms with E-state index in [2.05, 4.69) is 11.7 Å². The molecule has 0 spiro atoms. The summed E-state index contributed by atoms with van der Waals surface area (Å²) in [6.45, 7) is 2.13. The molecule has 3 N–H and O–H groups in total. The lowest BCUT2D eigenvalue weighted by Gasteiger charge is -2.26. The molecule has 2 fully saturated rings. The van der Waals surface area contributed by atoms with E-state index in [9.17, 15) is 14.8 Å². The van der Waals surface area contributed by atoms with Gasteiger partial charge in [0, 0.05) is 18.6 Å². The van der Waals surface area contributed by atoms with Crippen molar-refractivity contribution in [3.8, 4) is 0 Å². The van der Waals surface area contributed by atoms with Crippen LogP contribution in [0, 0.1) is 0 Å². The van der Waals surface area contributed by atoms with Crippen LogP contribution in [0.5, 0.6) is 0 Å². The monoisotopic (exact) mass is 349 g/mol. The van der Waals surface area contributed by atoms with Gasteiger partial charge >= 0.3 is 7.75 Å². The van der Waals surface area contributed by atoms with Gasteiger partial charge in [-0.15, -0.1) is 6.58 Å². The highest BCUT2D eigenvalue weighted by Crippen LogP contribution is 2.46. The Balaban J connectivity index is 1.97. The summed E-state index contributed by atoms with van der Waals surface area (Å²) in [6.07, 6.45) is -0.299. The van der Waals surface area contributed by atoms with Gasteiger partial charge in [0.15, 0.2) is 0 Å². The predicted molar refractivity (Wildman–Crippen MR) is 83.1 cm³/mol. The van der Waals surface area contributed by atoms with Gasteiger partial charge in [-0.1, -0.05) is 6.08 Å². The quantitative estimate of drug-likeness (QED) is 0.296. The maximum atomic E-state index is 12.9. The summed E-state index contributed by atoms with van der Waals surface area (Å²) in [7, 11) is 1.80. The molecule has 1 unspecified atom stereocenters.